The Bertz CT molecular complexity index is 1800. The molecule has 7 amide bonds. The Hall–Kier alpha value is -6.24. The first-order chi connectivity index (χ1) is 28.1. The number of nitrogens with zero attached hydrogens (tertiary/aromatic N) is 1. The van der Waals surface area contributed by atoms with E-state index in [0.717, 1.165) is 6.92 Å². The number of amides is 7. The monoisotopic (exact) mass is 840 g/mol. The molecule has 330 valence electrons. The minimum Gasteiger partial charge on any atom is -0.508 e. The molecule has 6 atom stereocenters. The number of aliphatic carboxylic acids is 1. The van der Waals surface area contributed by atoms with E-state index in [1.54, 1.807) is 38.1 Å². The third-order valence-electron chi connectivity index (χ3n) is 9.36. The van der Waals surface area contributed by atoms with Gasteiger partial charge < -0.3 is 58.3 Å². The van der Waals surface area contributed by atoms with Crippen molar-refractivity contribution < 1.29 is 53.7 Å². The number of nitrogens with two attached hydrogens (primary N) is 2. The van der Waals surface area contributed by atoms with Gasteiger partial charge in [-0.2, -0.15) is 0 Å². The van der Waals surface area contributed by atoms with Crippen LogP contribution in [0.3, 0.4) is 0 Å². The molecule has 60 heavy (non-hydrogen) atoms. The quantitative estimate of drug-likeness (QED) is 0.0861. The third-order valence-corrected chi connectivity index (χ3v) is 9.36. The van der Waals surface area contributed by atoms with E-state index < -0.39 is 96.0 Å². The summed E-state index contributed by atoms with van der Waals surface area (Å²) in [5.41, 5.74) is 12.9. The lowest BCUT2D eigenvalue weighted by atomic mass is 10.00. The fourth-order valence-electron chi connectivity index (χ4n) is 6.27. The SMILES string of the molecule is CC(=O)O.CC(C)C[C@H](NC(=O)[C@H](Cc1ccc(O)cc1)NC(=O)CNC(=O)[C@@H](NC(=O)[C@H](C)NC(=O)[C@@H](N)Cc1ccc(O)cc1)C(C)C)C(=O)N1CCCC1C(N)=O. The number of carboxylic acids is 1. The molecule has 2 aromatic carbocycles. The highest BCUT2D eigenvalue weighted by molar-refractivity contribution is 5.96. The molecule has 2 aromatic rings. The molecular formula is C41H60N8O11. The number of benzene rings is 2. The molecule has 19 heteroatoms. The van der Waals surface area contributed by atoms with Gasteiger partial charge in [0, 0.05) is 19.9 Å². The number of likely N-dealkylation sites (tertiary alicyclic amines) is 1. The first-order valence-electron chi connectivity index (χ1n) is 19.7. The molecular weight excluding hydrogens is 780 g/mol. The van der Waals surface area contributed by atoms with Gasteiger partial charge in [-0.3, -0.25) is 38.4 Å². The van der Waals surface area contributed by atoms with Crippen LogP contribution in [0.1, 0.15) is 71.9 Å². The average molecular weight is 841 g/mol. The predicted octanol–water partition coefficient (Wildman–Crippen LogP) is -0.445. The highest BCUT2D eigenvalue weighted by Crippen LogP contribution is 2.20. The molecule has 0 aliphatic carbocycles. The summed E-state index contributed by atoms with van der Waals surface area (Å²) >= 11 is 0. The van der Waals surface area contributed by atoms with Crippen molar-refractivity contribution in [2.45, 2.75) is 110 Å². The van der Waals surface area contributed by atoms with Crippen LogP contribution in [0.4, 0.5) is 0 Å². The zero-order valence-electron chi connectivity index (χ0n) is 34.9. The molecule has 1 unspecified atom stereocenters. The van der Waals surface area contributed by atoms with Gasteiger partial charge in [0.2, 0.25) is 41.4 Å². The number of carboxylic acid groups (broad SMARTS) is 1. The van der Waals surface area contributed by atoms with Crippen LogP contribution >= 0.6 is 0 Å². The summed E-state index contributed by atoms with van der Waals surface area (Å²) in [6, 6.07) is 6.01. The van der Waals surface area contributed by atoms with Gasteiger partial charge in [-0.15, -0.1) is 0 Å². The highest BCUT2D eigenvalue weighted by atomic mass is 16.4. The maximum Gasteiger partial charge on any atom is 0.300 e. The van der Waals surface area contributed by atoms with Gasteiger partial charge in [-0.05, 0) is 79.8 Å². The summed E-state index contributed by atoms with van der Waals surface area (Å²) in [7, 11) is 0. The van der Waals surface area contributed by atoms with Crippen molar-refractivity contribution in [3.05, 3.63) is 59.7 Å². The second kappa shape index (κ2) is 24.0. The van der Waals surface area contributed by atoms with E-state index >= 15 is 0 Å². The molecule has 0 spiro atoms. The van der Waals surface area contributed by atoms with Crippen LogP contribution in [0.5, 0.6) is 11.5 Å². The molecule has 19 nitrogen and oxygen atoms in total. The number of carbonyl (C=O) groups is 8. The van der Waals surface area contributed by atoms with E-state index in [4.69, 9.17) is 21.4 Å². The molecule has 1 heterocycles. The largest absolute Gasteiger partial charge is 0.508 e. The highest BCUT2D eigenvalue weighted by Gasteiger charge is 2.38. The second-order valence-electron chi connectivity index (χ2n) is 15.4. The Morgan fingerprint density at radius 1 is 0.733 bits per heavy atom. The van der Waals surface area contributed by atoms with Gasteiger partial charge >= 0.3 is 0 Å². The van der Waals surface area contributed by atoms with Crippen molar-refractivity contribution in [2.24, 2.45) is 23.3 Å². The number of rotatable bonds is 19. The van der Waals surface area contributed by atoms with Crippen LogP contribution in [0.15, 0.2) is 48.5 Å². The second-order valence-corrected chi connectivity index (χ2v) is 15.4. The van der Waals surface area contributed by atoms with Gasteiger partial charge in [0.25, 0.3) is 5.97 Å². The fraction of sp³-hybridized carbons (Fsp3) is 0.512. The Balaban J connectivity index is 0.00000296. The number of phenolic OH excluding ortho intramolecular Hbond substituents is 2. The Morgan fingerprint density at radius 2 is 1.27 bits per heavy atom. The molecule has 0 radical (unpaired) electrons. The molecule has 0 aromatic heterocycles. The minimum atomic E-state index is -1.22. The van der Waals surface area contributed by atoms with Crippen LogP contribution in [0.2, 0.25) is 0 Å². The van der Waals surface area contributed by atoms with Crippen molar-refractivity contribution in [1.29, 1.82) is 0 Å². The van der Waals surface area contributed by atoms with Gasteiger partial charge in [0.15, 0.2) is 0 Å². The van der Waals surface area contributed by atoms with E-state index in [0.29, 0.717) is 30.5 Å². The predicted molar refractivity (Wildman–Crippen MR) is 220 cm³/mol. The lowest BCUT2D eigenvalue weighted by Crippen LogP contribution is -2.58. The molecule has 1 aliphatic rings. The van der Waals surface area contributed by atoms with Crippen LogP contribution in [0, 0.1) is 11.8 Å². The zero-order valence-corrected chi connectivity index (χ0v) is 34.9. The summed E-state index contributed by atoms with van der Waals surface area (Å²) in [6.45, 7) is 9.37. The molecule has 3 rings (SSSR count). The molecule has 12 N–H and O–H groups in total. The van der Waals surface area contributed by atoms with Crippen molar-refractivity contribution in [3.63, 3.8) is 0 Å². The molecule has 1 fully saturated rings. The minimum absolute atomic E-state index is 0.00327. The lowest BCUT2D eigenvalue weighted by Gasteiger charge is -2.30. The van der Waals surface area contributed by atoms with Crippen molar-refractivity contribution in [3.8, 4) is 11.5 Å². The van der Waals surface area contributed by atoms with Crippen molar-refractivity contribution in [1.82, 2.24) is 31.5 Å². The molecule has 0 saturated carbocycles. The maximum absolute atomic E-state index is 13.8. The van der Waals surface area contributed by atoms with Crippen molar-refractivity contribution in [2.75, 3.05) is 13.1 Å². The average Bonchev–Trinajstić information content (AvgIpc) is 3.67. The smallest absolute Gasteiger partial charge is 0.300 e. The van der Waals surface area contributed by atoms with Crippen LogP contribution < -0.4 is 38.1 Å². The molecule has 0 bridgehead atoms. The summed E-state index contributed by atoms with van der Waals surface area (Å²) in [6.07, 6.45) is 1.38. The molecule has 1 saturated heterocycles. The topological polar surface area (TPSA) is 313 Å². The Morgan fingerprint density at radius 3 is 1.77 bits per heavy atom. The van der Waals surface area contributed by atoms with E-state index in [2.05, 4.69) is 26.6 Å². The number of hydrogen-bond donors (Lipinski definition) is 10. The number of phenols is 2. The van der Waals surface area contributed by atoms with Gasteiger partial charge in [0.05, 0.1) is 12.6 Å². The Labute approximate surface area is 349 Å². The van der Waals surface area contributed by atoms with E-state index in [1.807, 2.05) is 13.8 Å². The zero-order chi connectivity index (χ0) is 45.3. The summed E-state index contributed by atoms with van der Waals surface area (Å²) in [4.78, 5) is 102. The maximum atomic E-state index is 13.8. The number of aromatic hydroxyl groups is 2. The van der Waals surface area contributed by atoms with E-state index in [9.17, 15) is 43.8 Å². The summed E-state index contributed by atoms with van der Waals surface area (Å²) < 4.78 is 0. The van der Waals surface area contributed by atoms with Gasteiger partial charge in [-0.1, -0.05) is 52.0 Å². The van der Waals surface area contributed by atoms with Gasteiger partial charge in [0.1, 0.15) is 41.7 Å². The van der Waals surface area contributed by atoms with E-state index in [-0.39, 0.29) is 36.7 Å². The lowest BCUT2D eigenvalue weighted by molar-refractivity contribution is -0.141. The molecule has 1 aliphatic heterocycles. The van der Waals surface area contributed by atoms with Crippen LogP contribution in [0.25, 0.3) is 0 Å². The standard InChI is InChI=1S/C39H56N8O9.C2H4O2/c1-21(2)17-30(39(56)47-16-6-7-31(47)34(41)51)45-37(54)29(19-25-10-14-27(49)15-11-25)44-32(50)20-42-38(55)33(22(3)4)46-35(52)23(5)43-36(53)28(40)18-24-8-12-26(48)13-9-24;1-2(3)4/h8-15,21-23,28-31,33,48-49H,6-7,16-20,40H2,1-5H3,(H2,41,51)(H,42,55)(H,43,53)(H,44,50)(H,45,54)(H,46,52);1H3,(H,3,4)/t23-,28-,29-,30-,31?,33-;/m0./s1. The van der Waals surface area contributed by atoms with Gasteiger partial charge in [-0.25, -0.2) is 0 Å². The number of carbonyl (C=O) groups excluding carboxylic acids is 7. The van der Waals surface area contributed by atoms with Crippen molar-refractivity contribution >= 4 is 47.3 Å². The first-order valence-corrected chi connectivity index (χ1v) is 19.7. The fourth-order valence-corrected chi connectivity index (χ4v) is 6.27. The third kappa shape index (κ3) is 16.9. The summed E-state index contributed by atoms with van der Waals surface area (Å²) in [5.74, 6) is -5.70. The Kier molecular flexibility index (Phi) is 20.0. The summed E-state index contributed by atoms with van der Waals surface area (Å²) in [5, 5.41) is 39.7. The number of primary amides is 1. The normalized spacial score (nSPS) is 15.9. The van der Waals surface area contributed by atoms with Crippen LogP contribution in [-0.2, 0) is 51.2 Å². The number of hydrogen-bond acceptors (Lipinski definition) is 11. The van der Waals surface area contributed by atoms with E-state index in [1.165, 1.54) is 36.1 Å². The van der Waals surface area contributed by atoms with Crippen LogP contribution in [-0.4, -0.2) is 117 Å². The number of nitrogens with one attached hydrogen (secondary N) is 5. The first kappa shape index (κ1) is 49.9.